The third kappa shape index (κ3) is 3.44. The second-order valence-corrected chi connectivity index (χ2v) is 6.62. The molecule has 1 aliphatic heterocycles. The number of benzene rings is 2. The van der Waals surface area contributed by atoms with E-state index in [-0.39, 0.29) is 39.0 Å². The molecule has 27 heavy (non-hydrogen) atoms. The second kappa shape index (κ2) is 7.32. The Hall–Kier alpha value is -2.39. The molecule has 1 fully saturated rings. The molecule has 1 aromatic heterocycles. The Balaban J connectivity index is 0.00000180. The summed E-state index contributed by atoms with van der Waals surface area (Å²) in [5.74, 6) is 1.71. The van der Waals surface area contributed by atoms with E-state index in [9.17, 15) is 5.11 Å². The van der Waals surface area contributed by atoms with Gasteiger partial charge in [-0.1, -0.05) is 23.8 Å². The summed E-state index contributed by atoms with van der Waals surface area (Å²) in [6, 6.07) is 18.1. The maximum absolute atomic E-state index is 9.97. The fourth-order valence-electron chi connectivity index (χ4n) is 3.56. The zero-order valence-electron chi connectivity index (χ0n) is 14.4. The van der Waals surface area contributed by atoms with Crippen molar-refractivity contribution in [2.45, 2.75) is 31.4 Å². The van der Waals surface area contributed by atoms with Crippen molar-refractivity contribution in [3.63, 3.8) is 0 Å². The Morgan fingerprint density at radius 1 is 1.07 bits per heavy atom. The molecule has 0 radical (unpaired) electrons. The summed E-state index contributed by atoms with van der Waals surface area (Å²) in [5, 5.41) is 10.8. The van der Waals surface area contributed by atoms with Gasteiger partial charge in [0, 0.05) is 38.3 Å². The average Bonchev–Trinajstić information content (AvgIpc) is 3.25. The number of rotatable bonds is 3. The fraction of sp³-hybridized carbons (Fsp3) is 0.238. The molecular weight excluding hydrogens is 523 g/mol. The molecule has 5 nitrogen and oxygen atoms in total. The number of hydrogen-bond donors (Lipinski definition) is 1. The quantitative estimate of drug-likeness (QED) is 0.506. The first-order valence-corrected chi connectivity index (χ1v) is 8.80. The van der Waals surface area contributed by atoms with Gasteiger partial charge >= 0.3 is 0 Å². The van der Waals surface area contributed by atoms with Crippen molar-refractivity contribution in [1.29, 1.82) is 0 Å². The molecule has 2 heterocycles. The summed E-state index contributed by atoms with van der Waals surface area (Å²) in [6.07, 6.45) is 3.56. The largest absolute Gasteiger partial charge is 0.515 e. The van der Waals surface area contributed by atoms with E-state index in [2.05, 4.69) is 16.0 Å². The number of hydrogen-bond acceptors (Lipinski definition) is 5. The van der Waals surface area contributed by atoms with E-state index >= 15 is 0 Å². The van der Waals surface area contributed by atoms with E-state index in [4.69, 9.17) is 9.47 Å². The first-order valence-electron chi connectivity index (χ1n) is 8.80. The molecule has 5 rings (SSSR count). The Morgan fingerprint density at radius 3 is 2.85 bits per heavy atom. The zero-order chi connectivity index (χ0) is 17.5. The van der Waals surface area contributed by atoms with E-state index in [0.29, 0.717) is 23.0 Å². The third-order valence-corrected chi connectivity index (χ3v) is 4.85. The average molecular weight is 540 g/mol. The Morgan fingerprint density at radius 2 is 1.96 bits per heavy atom. The SMILES string of the molecule is Oc1cccc2ccc(Oc3[c-]c(C4=N[C@H]5CCC[C@H]5O4)ccc3)nc12.[Pt]. The van der Waals surface area contributed by atoms with Gasteiger partial charge in [0.25, 0.3) is 0 Å². The first kappa shape index (κ1) is 18.0. The number of pyridine rings is 1. The summed E-state index contributed by atoms with van der Waals surface area (Å²) in [6.45, 7) is 0. The van der Waals surface area contributed by atoms with Crippen molar-refractivity contribution in [1.82, 2.24) is 4.98 Å². The van der Waals surface area contributed by atoms with Gasteiger partial charge in [-0.15, -0.1) is 18.2 Å². The molecule has 6 heteroatoms. The second-order valence-electron chi connectivity index (χ2n) is 6.62. The van der Waals surface area contributed by atoms with Crippen molar-refractivity contribution in [2.75, 3.05) is 0 Å². The smallest absolute Gasteiger partial charge is 0.217 e. The van der Waals surface area contributed by atoms with Gasteiger partial charge in [-0.3, -0.25) is 4.99 Å². The number of fused-ring (bicyclic) bond motifs is 2. The zero-order valence-corrected chi connectivity index (χ0v) is 16.6. The maximum atomic E-state index is 9.97. The van der Waals surface area contributed by atoms with E-state index in [1.54, 1.807) is 18.2 Å². The van der Waals surface area contributed by atoms with Gasteiger partial charge in [-0.05, 0) is 31.4 Å². The number of aromatic hydroxyl groups is 1. The van der Waals surface area contributed by atoms with Crippen LogP contribution in [0.4, 0.5) is 0 Å². The van der Waals surface area contributed by atoms with Crippen LogP contribution in [0, 0.1) is 6.07 Å². The van der Waals surface area contributed by atoms with E-state index < -0.39 is 0 Å². The van der Waals surface area contributed by atoms with Crippen molar-refractivity contribution in [2.24, 2.45) is 4.99 Å². The van der Waals surface area contributed by atoms with Gasteiger partial charge < -0.3 is 14.6 Å². The topological polar surface area (TPSA) is 63.9 Å². The van der Waals surface area contributed by atoms with Gasteiger partial charge in [-0.2, -0.15) is 0 Å². The van der Waals surface area contributed by atoms with Crippen LogP contribution in [-0.2, 0) is 25.8 Å². The standard InChI is InChI=1S/C21H17N2O3.Pt/c24-17-8-2-4-13-10-11-19(23-20(13)17)25-15-6-1-5-14(12-15)21-22-16-7-3-9-18(16)26-21;/h1-2,4-6,8,10-11,16,18,24H,3,7,9H2;/q-1;/t16-,18+;/m0./s1. The number of aliphatic imine (C=N–C) groups is 1. The van der Waals surface area contributed by atoms with E-state index in [1.807, 2.05) is 30.3 Å². The van der Waals surface area contributed by atoms with Crippen LogP contribution in [0.5, 0.6) is 17.4 Å². The fourth-order valence-corrected chi connectivity index (χ4v) is 3.56. The number of phenols is 1. The van der Waals surface area contributed by atoms with Gasteiger partial charge in [0.15, 0.2) is 0 Å². The normalized spacial score (nSPS) is 20.5. The number of phenolic OH excluding ortho intramolecular Hbond substituents is 1. The van der Waals surface area contributed by atoms with Crippen LogP contribution in [0.2, 0.25) is 0 Å². The molecule has 2 atom stereocenters. The molecule has 1 saturated carbocycles. The van der Waals surface area contributed by atoms with Crippen LogP contribution in [0.3, 0.4) is 0 Å². The first-order chi connectivity index (χ1) is 12.8. The molecule has 0 amide bonds. The van der Waals surface area contributed by atoms with Crippen LogP contribution in [0.25, 0.3) is 10.9 Å². The molecule has 0 bridgehead atoms. The van der Waals surface area contributed by atoms with Crippen molar-refractivity contribution >= 4 is 16.8 Å². The maximum Gasteiger partial charge on any atom is 0.217 e. The van der Waals surface area contributed by atoms with Crippen LogP contribution in [0.1, 0.15) is 24.8 Å². The monoisotopic (exact) mass is 540 g/mol. The summed E-state index contributed by atoms with van der Waals surface area (Å²) >= 11 is 0. The number of nitrogens with zero attached hydrogens (tertiary/aromatic N) is 2. The van der Waals surface area contributed by atoms with Gasteiger partial charge in [0.1, 0.15) is 23.3 Å². The van der Waals surface area contributed by atoms with Crippen LogP contribution < -0.4 is 4.74 Å². The molecule has 140 valence electrons. The van der Waals surface area contributed by atoms with Crippen molar-refractivity contribution in [3.8, 4) is 17.4 Å². The molecule has 2 aromatic carbocycles. The Kier molecular flexibility index (Phi) is 4.88. The van der Waals surface area contributed by atoms with Gasteiger partial charge in [0.05, 0.1) is 6.04 Å². The molecule has 3 aromatic rings. The number of ether oxygens (including phenoxy) is 2. The summed E-state index contributed by atoms with van der Waals surface area (Å²) < 4.78 is 11.8. The Labute approximate surface area is 171 Å². The summed E-state index contributed by atoms with van der Waals surface area (Å²) in [7, 11) is 0. The van der Waals surface area contributed by atoms with Gasteiger partial charge in [-0.25, -0.2) is 4.98 Å². The number of para-hydroxylation sites is 1. The molecule has 0 spiro atoms. The minimum Gasteiger partial charge on any atom is -0.515 e. The molecule has 1 N–H and O–H groups in total. The molecular formula is C21H17N2O3Pt-. The summed E-state index contributed by atoms with van der Waals surface area (Å²) in [5.41, 5.74) is 1.30. The van der Waals surface area contributed by atoms with E-state index in [1.165, 1.54) is 6.42 Å². The molecule has 0 unspecified atom stereocenters. The van der Waals surface area contributed by atoms with Crippen molar-refractivity contribution in [3.05, 3.63) is 60.2 Å². The minimum atomic E-state index is 0. The van der Waals surface area contributed by atoms with Crippen LogP contribution in [-0.4, -0.2) is 28.1 Å². The number of aromatic nitrogens is 1. The predicted molar refractivity (Wildman–Crippen MR) is 97.8 cm³/mol. The van der Waals surface area contributed by atoms with Crippen LogP contribution >= 0.6 is 0 Å². The molecule has 2 aliphatic rings. The third-order valence-electron chi connectivity index (χ3n) is 4.85. The van der Waals surface area contributed by atoms with Gasteiger partial charge in [0.2, 0.25) is 5.88 Å². The Bertz CT molecular complexity index is 1020. The molecule has 0 saturated heterocycles. The predicted octanol–water partition coefficient (Wildman–Crippen LogP) is 4.23. The minimum absolute atomic E-state index is 0. The van der Waals surface area contributed by atoms with E-state index in [0.717, 1.165) is 23.8 Å². The van der Waals surface area contributed by atoms with Crippen molar-refractivity contribution < 1.29 is 35.6 Å². The molecule has 1 aliphatic carbocycles. The van der Waals surface area contributed by atoms with Crippen LogP contribution in [0.15, 0.2) is 53.5 Å². The summed E-state index contributed by atoms with van der Waals surface area (Å²) in [4.78, 5) is 9.07.